The van der Waals surface area contributed by atoms with Crippen LogP contribution in [0.1, 0.15) is 0 Å². The summed E-state index contributed by atoms with van der Waals surface area (Å²) in [7, 11) is 0. The highest BCUT2D eigenvalue weighted by molar-refractivity contribution is 9.11. The molecule has 7 heteroatoms. The van der Waals surface area contributed by atoms with Gasteiger partial charge in [0.1, 0.15) is 0 Å². The van der Waals surface area contributed by atoms with Gasteiger partial charge in [-0.05, 0) is 46.3 Å². The summed E-state index contributed by atoms with van der Waals surface area (Å²) in [5.74, 6) is 0.279. The van der Waals surface area contributed by atoms with Gasteiger partial charge >= 0.3 is 0 Å². The molecule has 0 aliphatic heterocycles. The van der Waals surface area contributed by atoms with E-state index < -0.39 is 0 Å². The van der Waals surface area contributed by atoms with Gasteiger partial charge in [0, 0.05) is 8.95 Å². The van der Waals surface area contributed by atoms with Crippen molar-refractivity contribution in [3.63, 3.8) is 0 Å². The molecule has 0 radical (unpaired) electrons. The molecule has 22 heavy (non-hydrogen) atoms. The van der Waals surface area contributed by atoms with Gasteiger partial charge in [-0.15, -0.1) is 11.3 Å². The molecule has 0 fully saturated rings. The lowest BCUT2D eigenvalue weighted by molar-refractivity contribution is -0.113. The van der Waals surface area contributed by atoms with Gasteiger partial charge in [-0.1, -0.05) is 39.8 Å². The summed E-state index contributed by atoms with van der Waals surface area (Å²) < 4.78 is 3.82. The topological polar surface area (TPSA) is 42.0 Å². The third kappa shape index (κ3) is 3.90. The lowest BCUT2D eigenvalue weighted by Crippen LogP contribution is -2.14. The van der Waals surface area contributed by atoms with Crippen LogP contribution in [0, 0.1) is 0 Å². The van der Waals surface area contributed by atoms with Gasteiger partial charge in [0.05, 0.1) is 21.7 Å². The molecule has 1 aromatic heterocycles. The summed E-state index contributed by atoms with van der Waals surface area (Å²) >= 11 is 9.88. The number of benzene rings is 2. The molecule has 3 nitrogen and oxygen atoms in total. The quantitative estimate of drug-likeness (QED) is 0.522. The van der Waals surface area contributed by atoms with Gasteiger partial charge in [0.2, 0.25) is 5.91 Å². The maximum absolute atomic E-state index is 12.1. The van der Waals surface area contributed by atoms with Crippen molar-refractivity contribution < 1.29 is 4.79 Å². The third-order valence-electron chi connectivity index (χ3n) is 2.80. The van der Waals surface area contributed by atoms with Gasteiger partial charge < -0.3 is 5.32 Å². The number of thioether (sulfide) groups is 1. The van der Waals surface area contributed by atoms with E-state index in [1.807, 2.05) is 42.5 Å². The van der Waals surface area contributed by atoms with Crippen molar-refractivity contribution in [2.75, 3.05) is 11.1 Å². The number of para-hydroxylation sites is 1. The van der Waals surface area contributed by atoms with Crippen LogP contribution in [0.5, 0.6) is 0 Å². The number of halogens is 2. The second kappa shape index (κ2) is 7.12. The zero-order valence-electron chi connectivity index (χ0n) is 11.2. The molecule has 0 aliphatic rings. The summed E-state index contributed by atoms with van der Waals surface area (Å²) in [4.78, 5) is 16.6. The van der Waals surface area contributed by atoms with Gasteiger partial charge in [-0.3, -0.25) is 4.79 Å². The van der Waals surface area contributed by atoms with E-state index in [9.17, 15) is 4.79 Å². The molecule has 0 atom stereocenters. The van der Waals surface area contributed by atoms with Crippen LogP contribution in [-0.2, 0) is 4.79 Å². The van der Waals surface area contributed by atoms with E-state index >= 15 is 0 Å². The van der Waals surface area contributed by atoms with Gasteiger partial charge in [-0.2, -0.15) is 0 Å². The predicted molar refractivity (Wildman–Crippen MR) is 101 cm³/mol. The standard InChI is InChI=1S/C15H10Br2N2OS2/c16-9-5-6-10(17)12(7-9)18-14(20)8-21-15-19-11-3-1-2-4-13(11)22-15/h1-7H,8H2,(H,18,20). The fourth-order valence-electron chi connectivity index (χ4n) is 1.82. The van der Waals surface area contributed by atoms with Crippen molar-refractivity contribution in [3.05, 3.63) is 51.4 Å². The van der Waals surface area contributed by atoms with Gasteiger partial charge in [0.25, 0.3) is 0 Å². The second-order valence-corrected chi connectivity index (χ2v) is 8.43. The molecule has 1 heterocycles. The SMILES string of the molecule is O=C(CSc1nc2ccccc2s1)Nc1cc(Br)ccc1Br. The second-order valence-electron chi connectivity index (χ2n) is 4.41. The first-order valence-corrected chi connectivity index (χ1v) is 9.74. The maximum atomic E-state index is 12.1. The Morgan fingerprint density at radius 2 is 2.05 bits per heavy atom. The maximum Gasteiger partial charge on any atom is 0.234 e. The lowest BCUT2D eigenvalue weighted by atomic mass is 10.3. The molecule has 0 bridgehead atoms. The molecule has 3 aromatic rings. The van der Waals surface area contributed by atoms with E-state index in [-0.39, 0.29) is 5.91 Å². The largest absolute Gasteiger partial charge is 0.324 e. The molecule has 0 unspecified atom stereocenters. The monoisotopic (exact) mass is 456 g/mol. The normalized spacial score (nSPS) is 10.8. The minimum Gasteiger partial charge on any atom is -0.324 e. The number of hydrogen-bond donors (Lipinski definition) is 1. The highest BCUT2D eigenvalue weighted by atomic mass is 79.9. The van der Waals surface area contributed by atoms with Crippen LogP contribution in [-0.4, -0.2) is 16.6 Å². The van der Waals surface area contributed by atoms with Crippen LogP contribution in [0.25, 0.3) is 10.2 Å². The third-order valence-corrected chi connectivity index (χ3v) is 6.17. The summed E-state index contributed by atoms with van der Waals surface area (Å²) in [5.41, 5.74) is 1.73. The van der Waals surface area contributed by atoms with E-state index in [2.05, 4.69) is 42.2 Å². The molecule has 0 saturated heterocycles. The number of carbonyl (C=O) groups is 1. The Morgan fingerprint density at radius 1 is 1.23 bits per heavy atom. The predicted octanol–water partition coefficient (Wildman–Crippen LogP) is 5.55. The summed E-state index contributed by atoms with van der Waals surface area (Å²) in [6, 6.07) is 13.6. The minimum atomic E-state index is -0.0527. The summed E-state index contributed by atoms with van der Waals surface area (Å²) in [5, 5.41) is 2.90. The summed E-state index contributed by atoms with van der Waals surface area (Å²) in [6.45, 7) is 0. The highest BCUT2D eigenvalue weighted by Gasteiger charge is 2.09. The zero-order valence-corrected chi connectivity index (χ0v) is 16.0. The van der Waals surface area contributed by atoms with Crippen LogP contribution in [0.4, 0.5) is 5.69 Å². The van der Waals surface area contributed by atoms with Crippen LogP contribution in [0.2, 0.25) is 0 Å². The zero-order chi connectivity index (χ0) is 15.5. The Kier molecular flexibility index (Phi) is 5.18. The number of nitrogens with one attached hydrogen (secondary N) is 1. The molecule has 0 aliphatic carbocycles. The number of aromatic nitrogens is 1. The highest BCUT2D eigenvalue weighted by Crippen LogP contribution is 2.30. The summed E-state index contributed by atoms with van der Waals surface area (Å²) in [6.07, 6.45) is 0. The van der Waals surface area contributed by atoms with Crippen molar-refractivity contribution in [2.24, 2.45) is 0 Å². The molecule has 112 valence electrons. The number of amides is 1. The first-order valence-electron chi connectivity index (χ1n) is 6.35. The Morgan fingerprint density at radius 3 is 2.86 bits per heavy atom. The van der Waals surface area contributed by atoms with Gasteiger partial charge in [0.15, 0.2) is 4.34 Å². The molecular weight excluding hydrogens is 448 g/mol. The molecule has 3 rings (SSSR count). The first kappa shape index (κ1) is 16.0. The van der Waals surface area contributed by atoms with Crippen LogP contribution in [0.15, 0.2) is 55.7 Å². The molecule has 0 spiro atoms. The first-order chi connectivity index (χ1) is 10.6. The number of rotatable bonds is 4. The van der Waals surface area contributed by atoms with E-state index in [0.717, 1.165) is 29.2 Å². The fourth-order valence-corrected chi connectivity index (χ4v) is 4.39. The van der Waals surface area contributed by atoms with Crippen molar-refractivity contribution in [1.82, 2.24) is 4.98 Å². The van der Waals surface area contributed by atoms with Crippen molar-refractivity contribution in [3.8, 4) is 0 Å². The van der Waals surface area contributed by atoms with Crippen molar-refractivity contribution >= 4 is 76.8 Å². The van der Waals surface area contributed by atoms with E-state index in [4.69, 9.17) is 0 Å². The van der Waals surface area contributed by atoms with Crippen LogP contribution in [0.3, 0.4) is 0 Å². The Hall–Kier alpha value is -0.890. The number of anilines is 1. The average Bonchev–Trinajstić information content (AvgIpc) is 2.92. The fraction of sp³-hybridized carbons (Fsp3) is 0.0667. The molecule has 1 amide bonds. The Bertz CT molecular complexity index is 802. The molecule has 1 N–H and O–H groups in total. The number of thiazole rings is 1. The van der Waals surface area contributed by atoms with Crippen molar-refractivity contribution in [2.45, 2.75) is 4.34 Å². The van der Waals surface area contributed by atoms with E-state index in [1.54, 1.807) is 11.3 Å². The Balaban J connectivity index is 1.63. The molecule has 0 saturated carbocycles. The minimum absolute atomic E-state index is 0.0527. The van der Waals surface area contributed by atoms with Crippen LogP contribution >= 0.6 is 55.0 Å². The van der Waals surface area contributed by atoms with Crippen LogP contribution < -0.4 is 5.32 Å². The lowest BCUT2D eigenvalue weighted by Gasteiger charge is -2.07. The Labute approximate surface area is 152 Å². The number of fused-ring (bicyclic) bond motifs is 1. The number of carbonyl (C=O) groups excluding carboxylic acids is 1. The van der Waals surface area contributed by atoms with E-state index in [0.29, 0.717) is 5.75 Å². The van der Waals surface area contributed by atoms with Gasteiger partial charge in [-0.25, -0.2) is 4.98 Å². The average molecular weight is 458 g/mol. The van der Waals surface area contributed by atoms with E-state index in [1.165, 1.54) is 11.8 Å². The number of nitrogens with zero attached hydrogens (tertiary/aromatic N) is 1. The molecular formula is C15H10Br2N2OS2. The smallest absolute Gasteiger partial charge is 0.234 e. The molecule has 2 aromatic carbocycles. The van der Waals surface area contributed by atoms with Crippen molar-refractivity contribution in [1.29, 1.82) is 0 Å². The number of hydrogen-bond acceptors (Lipinski definition) is 4.